The molecule has 6 N–H and O–H groups in total. The third kappa shape index (κ3) is 38.3. The van der Waals surface area contributed by atoms with E-state index in [1.807, 2.05) is 6.08 Å². The maximum absolute atomic E-state index is 13.0. The van der Waals surface area contributed by atoms with Crippen molar-refractivity contribution in [1.29, 1.82) is 0 Å². The minimum absolute atomic E-state index is 0.0263. The van der Waals surface area contributed by atoms with Gasteiger partial charge in [0.2, 0.25) is 5.91 Å². The number of esters is 1. The first-order valence-corrected chi connectivity index (χ1v) is 28.9. The highest BCUT2D eigenvalue weighted by Crippen LogP contribution is 2.23. The number of hydrogen-bond acceptors (Lipinski definition) is 10. The summed E-state index contributed by atoms with van der Waals surface area (Å²) in [4.78, 5) is 25.0. The van der Waals surface area contributed by atoms with Gasteiger partial charge in [-0.25, -0.2) is 0 Å². The van der Waals surface area contributed by atoms with Crippen LogP contribution in [0.4, 0.5) is 0 Å². The van der Waals surface area contributed by atoms with Crippen LogP contribution in [0.15, 0.2) is 48.6 Å². The summed E-state index contributed by atoms with van der Waals surface area (Å²) in [5.74, 6) is -0.221. The quantitative estimate of drug-likeness (QED) is 0.0196. The molecular weight excluding hydrogens is 883 g/mol. The third-order valence-electron chi connectivity index (χ3n) is 13.4. The van der Waals surface area contributed by atoms with E-state index in [2.05, 4.69) is 55.6 Å². The van der Waals surface area contributed by atoms with E-state index in [1.165, 1.54) is 128 Å². The highest BCUT2D eigenvalue weighted by atomic mass is 16.7. The minimum Gasteiger partial charge on any atom is -0.466 e. The predicted molar refractivity (Wildman–Crippen MR) is 287 cm³/mol. The van der Waals surface area contributed by atoms with Crippen LogP contribution in [0.25, 0.3) is 0 Å². The first kappa shape index (κ1) is 65.6. The summed E-state index contributed by atoms with van der Waals surface area (Å²) >= 11 is 0. The molecule has 0 aromatic carbocycles. The second kappa shape index (κ2) is 48.9. The Bertz CT molecular complexity index is 1300. The molecule has 1 saturated heterocycles. The van der Waals surface area contributed by atoms with Gasteiger partial charge < -0.3 is 45.1 Å². The molecule has 11 nitrogen and oxygen atoms in total. The highest BCUT2D eigenvalue weighted by molar-refractivity contribution is 5.76. The summed E-state index contributed by atoms with van der Waals surface area (Å²) in [6.07, 6.45) is 50.6. The number of carbonyl (C=O) groups excluding carboxylic acids is 2. The second-order valence-electron chi connectivity index (χ2n) is 20.0. The topological polar surface area (TPSA) is 175 Å². The molecule has 11 heteroatoms. The van der Waals surface area contributed by atoms with Crippen molar-refractivity contribution < 1.29 is 49.3 Å². The van der Waals surface area contributed by atoms with Gasteiger partial charge in [-0.1, -0.05) is 204 Å². The summed E-state index contributed by atoms with van der Waals surface area (Å²) < 4.78 is 16.7. The maximum atomic E-state index is 13.0. The summed E-state index contributed by atoms with van der Waals surface area (Å²) in [7, 11) is 0. The SMILES string of the molecule is CCCC/C=C\C/C=C\CCCCCCCC(=O)OCCCCCCCCCC/C=C\CCCCCCCCCC(=O)NC(COC1OC(CO)C(O)C(O)C1O)C(O)/C=C/CCCCCCCCC. The van der Waals surface area contributed by atoms with Gasteiger partial charge in [-0.05, 0) is 83.5 Å². The average Bonchev–Trinajstić information content (AvgIpc) is 3.36. The van der Waals surface area contributed by atoms with Crippen molar-refractivity contribution in [1.82, 2.24) is 5.32 Å². The van der Waals surface area contributed by atoms with Gasteiger partial charge in [-0.15, -0.1) is 0 Å². The molecule has 1 amide bonds. The lowest BCUT2D eigenvalue weighted by Gasteiger charge is -2.40. The summed E-state index contributed by atoms with van der Waals surface area (Å²) in [6, 6.07) is -0.816. The van der Waals surface area contributed by atoms with Gasteiger partial charge in [0.05, 0.1) is 32.0 Å². The van der Waals surface area contributed by atoms with E-state index in [9.17, 15) is 35.1 Å². The molecule has 408 valence electrons. The Balaban J connectivity index is 2.05. The van der Waals surface area contributed by atoms with Crippen molar-refractivity contribution >= 4 is 11.9 Å². The van der Waals surface area contributed by atoms with E-state index in [0.717, 1.165) is 96.3 Å². The smallest absolute Gasteiger partial charge is 0.305 e. The van der Waals surface area contributed by atoms with Gasteiger partial charge in [0.15, 0.2) is 6.29 Å². The standard InChI is InChI=1S/C59H107NO10/c1-3-5-7-9-11-13-14-15-24-27-31-35-39-43-47-55(64)68-48-44-40-36-32-28-25-22-20-18-16-17-19-21-23-26-30-34-38-42-46-54(63)60-51(52(62)45-41-37-33-29-12-10-8-6-4-2)50-69-59-58(67)57(66)56(65)53(49-61)70-59/h9,11,14-17,41,45,51-53,56-59,61-62,65-67H,3-8,10,12-13,18-40,42-44,46-50H2,1-2H3,(H,60,63)/b11-9-,15-14-,17-16-,45-41+. The van der Waals surface area contributed by atoms with Gasteiger partial charge in [0, 0.05) is 12.8 Å². The number of ether oxygens (including phenoxy) is 3. The molecule has 0 radical (unpaired) electrons. The number of rotatable bonds is 49. The van der Waals surface area contributed by atoms with Crippen LogP contribution in [0.3, 0.4) is 0 Å². The van der Waals surface area contributed by atoms with Crippen LogP contribution in [0, 0.1) is 0 Å². The number of hydrogen-bond donors (Lipinski definition) is 6. The number of unbranched alkanes of at least 4 members (excludes halogenated alkanes) is 29. The normalized spacial score (nSPS) is 19.6. The van der Waals surface area contributed by atoms with Gasteiger partial charge in [0.1, 0.15) is 24.4 Å². The first-order chi connectivity index (χ1) is 34.2. The number of carbonyl (C=O) groups is 2. The number of aliphatic hydroxyl groups excluding tert-OH is 5. The van der Waals surface area contributed by atoms with Gasteiger partial charge in [-0.2, -0.15) is 0 Å². The van der Waals surface area contributed by atoms with Crippen LogP contribution in [0.5, 0.6) is 0 Å². The Hall–Kier alpha value is -2.38. The van der Waals surface area contributed by atoms with Crippen molar-refractivity contribution in [3.63, 3.8) is 0 Å². The number of allylic oxidation sites excluding steroid dienone is 7. The molecule has 1 heterocycles. The summed E-state index contributed by atoms with van der Waals surface area (Å²) in [5, 5.41) is 54.2. The molecule has 7 unspecified atom stereocenters. The molecule has 70 heavy (non-hydrogen) atoms. The molecule has 0 bridgehead atoms. The Morgan fingerprint density at radius 3 is 1.50 bits per heavy atom. The van der Waals surface area contributed by atoms with E-state index in [1.54, 1.807) is 6.08 Å². The van der Waals surface area contributed by atoms with Crippen LogP contribution in [-0.4, -0.2) is 100 Å². The van der Waals surface area contributed by atoms with Gasteiger partial charge in [0.25, 0.3) is 0 Å². The van der Waals surface area contributed by atoms with E-state index in [4.69, 9.17) is 14.2 Å². The summed E-state index contributed by atoms with van der Waals surface area (Å²) in [5.41, 5.74) is 0. The average molecular weight is 991 g/mol. The van der Waals surface area contributed by atoms with Gasteiger partial charge in [-0.3, -0.25) is 9.59 Å². The number of amides is 1. The van der Waals surface area contributed by atoms with Crippen molar-refractivity contribution in [2.45, 2.75) is 294 Å². The van der Waals surface area contributed by atoms with Crippen molar-refractivity contribution in [3.8, 4) is 0 Å². The molecule has 0 spiro atoms. The zero-order chi connectivity index (χ0) is 51.0. The molecule has 0 aliphatic carbocycles. The van der Waals surface area contributed by atoms with Crippen LogP contribution in [0.1, 0.15) is 251 Å². The molecule has 1 aliphatic heterocycles. The minimum atomic E-state index is -1.57. The molecule has 0 saturated carbocycles. The highest BCUT2D eigenvalue weighted by Gasteiger charge is 2.44. The van der Waals surface area contributed by atoms with E-state index >= 15 is 0 Å². The fourth-order valence-electron chi connectivity index (χ4n) is 8.74. The lowest BCUT2D eigenvalue weighted by atomic mass is 9.99. The van der Waals surface area contributed by atoms with E-state index in [-0.39, 0.29) is 18.5 Å². The lowest BCUT2D eigenvalue weighted by Crippen LogP contribution is -2.60. The fourth-order valence-corrected chi connectivity index (χ4v) is 8.74. The monoisotopic (exact) mass is 990 g/mol. The molecular formula is C59H107NO10. The zero-order valence-corrected chi connectivity index (χ0v) is 44.7. The Morgan fingerprint density at radius 1 is 0.529 bits per heavy atom. The Labute approximate surface area is 427 Å². The lowest BCUT2D eigenvalue weighted by molar-refractivity contribution is -0.302. The number of nitrogens with one attached hydrogen (secondary N) is 1. The third-order valence-corrected chi connectivity index (χ3v) is 13.4. The Morgan fingerprint density at radius 2 is 0.971 bits per heavy atom. The molecule has 7 atom stereocenters. The molecule has 1 aliphatic rings. The maximum Gasteiger partial charge on any atom is 0.305 e. The Kier molecular flexibility index (Phi) is 45.8. The van der Waals surface area contributed by atoms with Gasteiger partial charge >= 0.3 is 5.97 Å². The molecule has 0 aromatic heterocycles. The summed E-state index contributed by atoms with van der Waals surface area (Å²) in [6.45, 7) is 4.24. The number of aliphatic hydroxyl groups is 5. The van der Waals surface area contributed by atoms with Crippen LogP contribution >= 0.6 is 0 Å². The van der Waals surface area contributed by atoms with E-state index in [0.29, 0.717) is 19.4 Å². The molecule has 1 rings (SSSR count). The fraction of sp³-hybridized carbons (Fsp3) is 0.831. The largest absolute Gasteiger partial charge is 0.466 e. The predicted octanol–water partition coefficient (Wildman–Crippen LogP) is 12.9. The molecule has 1 fully saturated rings. The first-order valence-electron chi connectivity index (χ1n) is 28.9. The van der Waals surface area contributed by atoms with Crippen molar-refractivity contribution in [3.05, 3.63) is 48.6 Å². The van der Waals surface area contributed by atoms with Crippen molar-refractivity contribution in [2.75, 3.05) is 19.8 Å². The molecule has 0 aromatic rings. The van der Waals surface area contributed by atoms with Crippen LogP contribution < -0.4 is 5.32 Å². The zero-order valence-electron chi connectivity index (χ0n) is 44.7. The van der Waals surface area contributed by atoms with E-state index < -0.39 is 49.5 Å². The van der Waals surface area contributed by atoms with Crippen molar-refractivity contribution in [2.24, 2.45) is 0 Å². The van der Waals surface area contributed by atoms with Crippen LogP contribution in [-0.2, 0) is 23.8 Å². The van der Waals surface area contributed by atoms with Crippen LogP contribution in [0.2, 0.25) is 0 Å². The second-order valence-corrected chi connectivity index (χ2v) is 20.0.